The second kappa shape index (κ2) is 10.2. The van der Waals surface area contributed by atoms with E-state index >= 15 is 0 Å². The van der Waals surface area contributed by atoms with Gasteiger partial charge in [-0.2, -0.15) is 5.10 Å². The molecular weight excluding hydrogens is 452 g/mol. The van der Waals surface area contributed by atoms with E-state index in [-0.39, 0.29) is 22.9 Å². The van der Waals surface area contributed by atoms with E-state index in [0.29, 0.717) is 28.6 Å². The highest BCUT2D eigenvalue weighted by atomic mass is 35.5. The number of amides is 1. The molecule has 0 radical (unpaired) electrons. The molecule has 0 fully saturated rings. The van der Waals surface area contributed by atoms with Gasteiger partial charge in [0.1, 0.15) is 5.75 Å². The van der Waals surface area contributed by atoms with Crippen molar-refractivity contribution >= 4 is 28.9 Å². The minimum atomic E-state index is -0.373. The lowest BCUT2D eigenvalue weighted by Crippen LogP contribution is -2.23. The fourth-order valence-electron chi connectivity index (χ4n) is 3.29. The summed E-state index contributed by atoms with van der Waals surface area (Å²) in [5.74, 6) is 0.557. The summed E-state index contributed by atoms with van der Waals surface area (Å²) < 4.78 is 7.15. The Morgan fingerprint density at radius 1 is 1.06 bits per heavy atom. The number of rotatable bonds is 7. The molecule has 0 aliphatic rings. The number of nitrogens with one attached hydrogen (secondary N) is 2. The van der Waals surface area contributed by atoms with Crippen LogP contribution in [0, 0.1) is 6.92 Å². The molecule has 7 nitrogen and oxygen atoms in total. The number of carbonyl (C=O) groups is 1. The Morgan fingerprint density at radius 3 is 2.62 bits per heavy atom. The van der Waals surface area contributed by atoms with Crippen LogP contribution in [0.1, 0.15) is 21.5 Å². The molecule has 1 amide bonds. The average Bonchev–Trinajstić information content (AvgIpc) is 2.85. The first-order chi connectivity index (χ1) is 16.4. The number of hydrogen-bond donors (Lipinski definition) is 2. The van der Waals surface area contributed by atoms with E-state index < -0.39 is 0 Å². The molecular formula is C26H23ClN4O3. The van der Waals surface area contributed by atoms with E-state index in [4.69, 9.17) is 16.3 Å². The average molecular weight is 475 g/mol. The van der Waals surface area contributed by atoms with Crippen molar-refractivity contribution in [1.29, 1.82) is 0 Å². The van der Waals surface area contributed by atoms with Crippen molar-refractivity contribution in [3.8, 4) is 11.5 Å². The Bertz CT molecular complexity index is 1390. The second-order valence-corrected chi connectivity index (χ2v) is 8.11. The third-order valence-electron chi connectivity index (χ3n) is 5.15. The van der Waals surface area contributed by atoms with Crippen molar-refractivity contribution in [2.75, 3.05) is 5.32 Å². The third kappa shape index (κ3) is 5.44. The van der Waals surface area contributed by atoms with Gasteiger partial charge >= 0.3 is 0 Å². The van der Waals surface area contributed by atoms with Crippen LogP contribution >= 0.6 is 11.6 Å². The number of aromatic nitrogens is 2. The molecule has 0 aliphatic carbocycles. The third-order valence-corrected chi connectivity index (χ3v) is 5.57. The Morgan fingerprint density at radius 2 is 1.85 bits per heavy atom. The minimum absolute atomic E-state index is 0.201. The van der Waals surface area contributed by atoms with E-state index in [1.54, 1.807) is 49.5 Å². The standard InChI is InChI=1S/C26H23ClN4O3/c1-17-13-21(11-12-22(17)27)34-23-16-29-31(2)26(33)24(23)30-20-10-6-9-19(14-20)25(32)28-15-18-7-4-3-5-8-18/h3-14,16,30H,15H2,1-2H3,(H,28,32). The smallest absolute Gasteiger partial charge is 0.294 e. The van der Waals surface area contributed by atoms with Gasteiger partial charge in [0.05, 0.1) is 6.20 Å². The van der Waals surface area contributed by atoms with Crippen LogP contribution in [-0.2, 0) is 13.6 Å². The van der Waals surface area contributed by atoms with E-state index in [9.17, 15) is 9.59 Å². The van der Waals surface area contributed by atoms with Gasteiger partial charge in [-0.25, -0.2) is 4.68 Å². The number of halogens is 1. The molecule has 0 saturated carbocycles. The predicted molar refractivity (Wildman–Crippen MR) is 133 cm³/mol. The lowest BCUT2D eigenvalue weighted by molar-refractivity contribution is 0.0951. The van der Waals surface area contributed by atoms with Crippen molar-refractivity contribution < 1.29 is 9.53 Å². The lowest BCUT2D eigenvalue weighted by atomic mass is 10.1. The van der Waals surface area contributed by atoms with E-state index in [2.05, 4.69) is 15.7 Å². The molecule has 1 aromatic heterocycles. The first kappa shape index (κ1) is 23.1. The summed E-state index contributed by atoms with van der Waals surface area (Å²) in [6.45, 7) is 2.28. The normalized spacial score (nSPS) is 10.6. The molecule has 0 saturated heterocycles. The number of aryl methyl sites for hydroxylation is 2. The maximum Gasteiger partial charge on any atom is 0.294 e. The number of anilines is 2. The summed E-state index contributed by atoms with van der Waals surface area (Å²) in [5, 5.41) is 10.7. The van der Waals surface area contributed by atoms with Gasteiger partial charge < -0.3 is 15.4 Å². The van der Waals surface area contributed by atoms with E-state index in [1.165, 1.54) is 10.9 Å². The van der Waals surface area contributed by atoms with Crippen LogP contribution in [0.25, 0.3) is 0 Å². The van der Waals surface area contributed by atoms with Crippen molar-refractivity contribution in [2.45, 2.75) is 13.5 Å². The molecule has 0 aliphatic heterocycles. The fourth-order valence-corrected chi connectivity index (χ4v) is 3.40. The van der Waals surface area contributed by atoms with E-state index in [0.717, 1.165) is 11.1 Å². The zero-order valence-electron chi connectivity index (χ0n) is 18.7. The Balaban J connectivity index is 1.56. The summed E-state index contributed by atoms with van der Waals surface area (Å²) in [6.07, 6.45) is 1.46. The number of ether oxygens (including phenoxy) is 1. The maximum absolute atomic E-state index is 12.8. The van der Waals surface area contributed by atoms with Gasteiger partial charge in [0.2, 0.25) is 0 Å². The van der Waals surface area contributed by atoms with Crippen LogP contribution in [0.15, 0.2) is 83.8 Å². The Hall–Kier alpha value is -4.10. The molecule has 8 heteroatoms. The molecule has 0 spiro atoms. The van der Waals surface area contributed by atoms with Gasteiger partial charge in [0.25, 0.3) is 11.5 Å². The largest absolute Gasteiger partial charge is 0.453 e. The number of benzene rings is 3. The molecule has 4 aromatic rings. The van der Waals surface area contributed by atoms with Crippen molar-refractivity contribution in [2.24, 2.45) is 7.05 Å². The second-order valence-electron chi connectivity index (χ2n) is 7.70. The number of carbonyl (C=O) groups excluding carboxylic acids is 1. The summed E-state index contributed by atoms with van der Waals surface area (Å²) in [6, 6.07) is 21.8. The van der Waals surface area contributed by atoms with E-state index in [1.807, 2.05) is 37.3 Å². The molecule has 0 atom stereocenters. The molecule has 2 N–H and O–H groups in total. The van der Waals surface area contributed by atoms with Gasteiger partial charge in [-0.1, -0.05) is 48.0 Å². The van der Waals surface area contributed by atoms with Gasteiger partial charge in [-0.3, -0.25) is 9.59 Å². The quantitative estimate of drug-likeness (QED) is 0.384. The molecule has 172 valence electrons. The van der Waals surface area contributed by atoms with Crippen LogP contribution in [0.4, 0.5) is 11.4 Å². The van der Waals surface area contributed by atoms with Crippen LogP contribution in [0.3, 0.4) is 0 Å². The van der Waals surface area contributed by atoms with Gasteiger partial charge in [0.15, 0.2) is 11.4 Å². The van der Waals surface area contributed by atoms with Crippen molar-refractivity contribution in [1.82, 2.24) is 15.1 Å². The predicted octanol–water partition coefficient (Wildman–Crippen LogP) is 5.21. The topological polar surface area (TPSA) is 85.2 Å². The number of nitrogens with zero attached hydrogens (tertiary/aromatic N) is 2. The van der Waals surface area contributed by atoms with Gasteiger partial charge in [0, 0.05) is 29.9 Å². The van der Waals surface area contributed by atoms with Crippen molar-refractivity contribution in [3.05, 3.63) is 111 Å². The number of hydrogen-bond acceptors (Lipinski definition) is 5. The highest BCUT2D eigenvalue weighted by Crippen LogP contribution is 2.30. The summed E-state index contributed by atoms with van der Waals surface area (Å²) in [5.41, 5.74) is 2.70. The molecule has 4 rings (SSSR count). The van der Waals surface area contributed by atoms with Crippen LogP contribution < -0.4 is 20.9 Å². The van der Waals surface area contributed by atoms with Gasteiger partial charge in [-0.15, -0.1) is 0 Å². The van der Waals surface area contributed by atoms with Crippen LogP contribution in [0.5, 0.6) is 11.5 Å². The first-order valence-electron chi connectivity index (χ1n) is 10.6. The van der Waals surface area contributed by atoms with Gasteiger partial charge in [-0.05, 0) is 54.4 Å². The summed E-state index contributed by atoms with van der Waals surface area (Å²) >= 11 is 6.10. The van der Waals surface area contributed by atoms with Crippen LogP contribution in [0.2, 0.25) is 5.02 Å². The SMILES string of the molecule is Cc1cc(Oc2cnn(C)c(=O)c2Nc2cccc(C(=O)NCc3ccccc3)c2)ccc1Cl. The Kier molecular flexibility index (Phi) is 6.94. The molecule has 3 aromatic carbocycles. The summed E-state index contributed by atoms with van der Waals surface area (Å²) in [7, 11) is 1.55. The zero-order chi connectivity index (χ0) is 24.1. The van der Waals surface area contributed by atoms with Crippen LogP contribution in [-0.4, -0.2) is 15.7 Å². The fraction of sp³-hybridized carbons (Fsp3) is 0.115. The maximum atomic E-state index is 12.8. The summed E-state index contributed by atoms with van der Waals surface area (Å²) in [4.78, 5) is 25.5. The minimum Gasteiger partial charge on any atom is -0.453 e. The zero-order valence-corrected chi connectivity index (χ0v) is 19.5. The monoisotopic (exact) mass is 474 g/mol. The lowest BCUT2D eigenvalue weighted by Gasteiger charge is -2.14. The first-order valence-corrected chi connectivity index (χ1v) is 11.0. The molecule has 0 unspecified atom stereocenters. The highest BCUT2D eigenvalue weighted by molar-refractivity contribution is 6.31. The molecule has 34 heavy (non-hydrogen) atoms. The Labute approximate surface area is 202 Å². The van der Waals surface area contributed by atoms with Crippen molar-refractivity contribution in [3.63, 3.8) is 0 Å². The highest BCUT2D eigenvalue weighted by Gasteiger charge is 2.14. The molecule has 1 heterocycles. The molecule has 0 bridgehead atoms.